The molecule has 3 aromatic rings. The molecule has 1 aromatic heterocycles. The zero-order valence-electron chi connectivity index (χ0n) is 10.9. The van der Waals surface area contributed by atoms with Gasteiger partial charge in [-0.2, -0.15) is 0 Å². The minimum atomic E-state index is -0.770. The fraction of sp³-hybridized carbons (Fsp3) is 0.0625. The van der Waals surface area contributed by atoms with E-state index in [9.17, 15) is 9.59 Å². The number of halogens is 1. The van der Waals surface area contributed by atoms with E-state index < -0.39 is 4.83 Å². The maximum atomic E-state index is 12.4. The SMILES string of the molecule is O=C(c1ccccc1)C(Br)c1nc2ccccc2[nH]c1=O. The van der Waals surface area contributed by atoms with E-state index in [1.807, 2.05) is 18.2 Å². The van der Waals surface area contributed by atoms with Gasteiger partial charge in [0.2, 0.25) is 0 Å². The maximum absolute atomic E-state index is 12.4. The normalized spacial score (nSPS) is 12.2. The van der Waals surface area contributed by atoms with Gasteiger partial charge in [0.05, 0.1) is 11.0 Å². The number of ketones is 1. The Morgan fingerprint density at radius 2 is 1.71 bits per heavy atom. The van der Waals surface area contributed by atoms with Crippen molar-refractivity contribution >= 4 is 32.7 Å². The van der Waals surface area contributed by atoms with Gasteiger partial charge in [-0.25, -0.2) is 4.98 Å². The van der Waals surface area contributed by atoms with Crippen molar-refractivity contribution in [2.24, 2.45) is 0 Å². The van der Waals surface area contributed by atoms with Crippen molar-refractivity contribution in [3.05, 3.63) is 76.2 Å². The van der Waals surface area contributed by atoms with Crippen molar-refractivity contribution in [1.29, 1.82) is 0 Å². The van der Waals surface area contributed by atoms with Crippen molar-refractivity contribution < 1.29 is 4.79 Å². The third kappa shape index (κ3) is 2.64. The molecule has 0 bridgehead atoms. The Morgan fingerprint density at radius 3 is 2.48 bits per heavy atom. The van der Waals surface area contributed by atoms with Crippen LogP contribution < -0.4 is 5.56 Å². The minimum absolute atomic E-state index is 0.169. The summed E-state index contributed by atoms with van der Waals surface area (Å²) in [7, 11) is 0. The van der Waals surface area contributed by atoms with Crippen LogP contribution in [0.2, 0.25) is 0 Å². The molecule has 0 aliphatic heterocycles. The summed E-state index contributed by atoms with van der Waals surface area (Å²) in [6.45, 7) is 0. The minimum Gasteiger partial charge on any atom is -0.319 e. The average Bonchev–Trinajstić information content (AvgIpc) is 2.53. The number of nitrogens with zero attached hydrogens (tertiary/aromatic N) is 1. The number of H-pyrrole nitrogens is 1. The second-order valence-corrected chi connectivity index (χ2v) is 5.48. The second-order valence-electron chi connectivity index (χ2n) is 4.56. The molecule has 0 amide bonds. The van der Waals surface area contributed by atoms with Crippen LogP contribution in [0.5, 0.6) is 0 Å². The van der Waals surface area contributed by atoms with Crippen LogP contribution in [0.25, 0.3) is 11.0 Å². The van der Waals surface area contributed by atoms with Crippen molar-refractivity contribution in [2.45, 2.75) is 4.83 Å². The Morgan fingerprint density at radius 1 is 1.05 bits per heavy atom. The van der Waals surface area contributed by atoms with Gasteiger partial charge in [0.15, 0.2) is 5.78 Å². The maximum Gasteiger partial charge on any atom is 0.271 e. The molecule has 1 atom stereocenters. The number of rotatable bonds is 3. The number of alkyl halides is 1. The predicted octanol–water partition coefficient (Wildman–Crippen LogP) is 3.24. The lowest BCUT2D eigenvalue weighted by atomic mass is 10.1. The molecule has 21 heavy (non-hydrogen) atoms. The molecule has 4 nitrogen and oxygen atoms in total. The lowest BCUT2D eigenvalue weighted by Gasteiger charge is -2.08. The molecular formula is C16H11BrN2O2. The fourth-order valence-corrected chi connectivity index (χ4v) is 2.66. The number of hydrogen-bond donors (Lipinski definition) is 1. The summed E-state index contributed by atoms with van der Waals surface area (Å²) in [6, 6.07) is 16.0. The van der Waals surface area contributed by atoms with Crippen LogP contribution in [0.4, 0.5) is 0 Å². The van der Waals surface area contributed by atoms with Gasteiger partial charge in [0.25, 0.3) is 5.56 Å². The number of carbonyl (C=O) groups excluding carboxylic acids is 1. The molecule has 0 aliphatic rings. The Kier molecular flexibility index (Phi) is 3.66. The Labute approximate surface area is 129 Å². The molecule has 2 aromatic carbocycles. The molecule has 0 saturated heterocycles. The van der Waals surface area contributed by atoms with Gasteiger partial charge >= 0.3 is 0 Å². The van der Waals surface area contributed by atoms with Gasteiger partial charge in [-0.05, 0) is 12.1 Å². The molecule has 1 unspecified atom stereocenters. The highest BCUT2D eigenvalue weighted by molar-refractivity contribution is 9.09. The monoisotopic (exact) mass is 342 g/mol. The van der Waals surface area contributed by atoms with Crippen LogP contribution in [0.1, 0.15) is 20.9 Å². The van der Waals surface area contributed by atoms with Crippen LogP contribution in [-0.2, 0) is 0 Å². The van der Waals surface area contributed by atoms with Crippen LogP contribution in [0.15, 0.2) is 59.4 Å². The molecule has 0 fully saturated rings. The number of nitrogens with one attached hydrogen (secondary N) is 1. The van der Waals surface area contributed by atoms with Crippen molar-refractivity contribution in [1.82, 2.24) is 9.97 Å². The fourth-order valence-electron chi connectivity index (χ4n) is 2.09. The molecule has 0 saturated carbocycles. The van der Waals surface area contributed by atoms with E-state index >= 15 is 0 Å². The number of aromatic nitrogens is 2. The number of hydrogen-bond acceptors (Lipinski definition) is 3. The first-order valence-electron chi connectivity index (χ1n) is 6.39. The number of para-hydroxylation sites is 2. The van der Waals surface area contributed by atoms with Gasteiger partial charge in [0.1, 0.15) is 10.5 Å². The highest BCUT2D eigenvalue weighted by atomic mass is 79.9. The molecular weight excluding hydrogens is 332 g/mol. The lowest BCUT2D eigenvalue weighted by molar-refractivity contribution is 0.0990. The highest BCUT2D eigenvalue weighted by Crippen LogP contribution is 2.24. The molecule has 5 heteroatoms. The summed E-state index contributed by atoms with van der Waals surface area (Å²) in [5, 5.41) is 0. The molecule has 0 spiro atoms. The third-order valence-corrected chi connectivity index (χ3v) is 4.00. The van der Waals surface area contributed by atoms with Crippen molar-refractivity contribution in [3.8, 4) is 0 Å². The van der Waals surface area contributed by atoms with Gasteiger partial charge in [-0.15, -0.1) is 0 Å². The zero-order valence-corrected chi connectivity index (χ0v) is 12.5. The lowest BCUT2D eigenvalue weighted by Crippen LogP contribution is -2.21. The van der Waals surface area contributed by atoms with E-state index in [2.05, 4.69) is 25.9 Å². The van der Waals surface area contributed by atoms with Crippen LogP contribution >= 0.6 is 15.9 Å². The first-order chi connectivity index (χ1) is 10.2. The summed E-state index contributed by atoms with van der Waals surface area (Å²) in [6.07, 6.45) is 0. The van der Waals surface area contributed by atoms with E-state index in [1.54, 1.807) is 36.4 Å². The topological polar surface area (TPSA) is 62.8 Å². The highest BCUT2D eigenvalue weighted by Gasteiger charge is 2.23. The Hall–Kier alpha value is -2.27. The first-order valence-corrected chi connectivity index (χ1v) is 7.30. The van der Waals surface area contributed by atoms with Crippen LogP contribution in [0, 0.1) is 0 Å². The van der Waals surface area contributed by atoms with Gasteiger partial charge in [0, 0.05) is 5.56 Å². The van der Waals surface area contributed by atoms with E-state index in [0.717, 1.165) is 0 Å². The average molecular weight is 343 g/mol. The summed E-state index contributed by atoms with van der Waals surface area (Å²) >= 11 is 3.29. The number of aromatic amines is 1. The number of carbonyl (C=O) groups is 1. The standard InChI is InChI=1S/C16H11BrN2O2/c17-13(15(20)10-6-2-1-3-7-10)14-16(21)19-12-9-5-4-8-11(12)18-14/h1-9,13H,(H,19,21). The van der Waals surface area contributed by atoms with E-state index in [1.165, 1.54) is 0 Å². The first kappa shape index (κ1) is 13.7. The third-order valence-electron chi connectivity index (χ3n) is 3.15. The van der Waals surface area contributed by atoms with Crippen LogP contribution in [0.3, 0.4) is 0 Å². The summed E-state index contributed by atoms with van der Waals surface area (Å²) in [4.78, 5) is 30.8. The zero-order chi connectivity index (χ0) is 14.8. The molecule has 0 aliphatic carbocycles. The number of Topliss-reactive ketones (excluding diaryl/α,β-unsaturated/α-hetero) is 1. The number of benzene rings is 2. The molecule has 3 rings (SSSR count). The smallest absolute Gasteiger partial charge is 0.271 e. The van der Waals surface area contributed by atoms with Gasteiger partial charge < -0.3 is 4.98 Å². The van der Waals surface area contributed by atoms with Gasteiger partial charge in [-0.3, -0.25) is 9.59 Å². The molecule has 1 heterocycles. The second kappa shape index (κ2) is 5.61. The Balaban J connectivity index is 2.05. The summed E-state index contributed by atoms with van der Waals surface area (Å²) in [5.41, 5.74) is 1.65. The van der Waals surface area contributed by atoms with Crippen LogP contribution in [-0.4, -0.2) is 15.8 Å². The quantitative estimate of drug-likeness (QED) is 0.587. The molecule has 104 valence electrons. The van der Waals surface area contributed by atoms with E-state index in [0.29, 0.717) is 16.6 Å². The molecule has 0 radical (unpaired) electrons. The molecule has 1 N–H and O–H groups in total. The summed E-state index contributed by atoms with van der Waals surface area (Å²) in [5.74, 6) is -0.191. The predicted molar refractivity (Wildman–Crippen MR) is 84.8 cm³/mol. The van der Waals surface area contributed by atoms with Crippen molar-refractivity contribution in [2.75, 3.05) is 0 Å². The summed E-state index contributed by atoms with van der Waals surface area (Å²) < 4.78 is 0. The Bertz CT molecular complexity index is 859. The van der Waals surface area contributed by atoms with E-state index in [4.69, 9.17) is 0 Å². The van der Waals surface area contributed by atoms with E-state index in [-0.39, 0.29) is 17.0 Å². The van der Waals surface area contributed by atoms with Crippen molar-refractivity contribution in [3.63, 3.8) is 0 Å². The largest absolute Gasteiger partial charge is 0.319 e. The number of fused-ring (bicyclic) bond motifs is 1. The van der Waals surface area contributed by atoms with Gasteiger partial charge in [-0.1, -0.05) is 58.4 Å².